The molecule has 0 amide bonds. The zero-order chi connectivity index (χ0) is 13.4. The molecule has 0 aliphatic rings. The summed E-state index contributed by atoms with van der Waals surface area (Å²) in [5.41, 5.74) is 1.16. The molecular formula is C14H22ClNO2. The van der Waals surface area contributed by atoms with Gasteiger partial charge < -0.3 is 14.8 Å². The highest BCUT2D eigenvalue weighted by Gasteiger charge is 2.03. The summed E-state index contributed by atoms with van der Waals surface area (Å²) >= 11 is 6.14. The first kappa shape index (κ1) is 15.3. The van der Waals surface area contributed by atoms with E-state index < -0.39 is 0 Å². The predicted octanol–water partition coefficient (Wildman–Crippen LogP) is 3.46. The molecule has 0 aromatic heterocycles. The Morgan fingerprint density at radius 1 is 1.33 bits per heavy atom. The lowest BCUT2D eigenvalue weighted by Gasteiger charge is -2.10. The van der Waals surface area contributed by atoms with E-state index in [-0.39, 0.29) is 6.79 Å². The van der Waals surface area contributed by atoms with E-state index in [9.17, 15) is 0 Å². The van der Waals surface area contributed by atoms with Crippen LogP contribution in [-0.4, -0.2) is 19.9 Å². The molecule has 0 saturated carbocycles. The molecule has 0 spiro atoms. The van der Waals surface area contributed by atoms with Crippen LogP contribution in [0, 0.1) is 5.92 Å². The normalized spacial score (nSPS) is 10.9. The van der Waals surface area contributed by atoms with Gasteiger partial charge in [-0.15, -0.1) is 0 Å². The van der Waals surface area contributed by atoms with Gasteiger partial charge in [-0.05, 0) is 37.1 Å². The number of ether oxygens (including phenoxy) is 2. The zero-order valence-electron chi connectivity index (χ0n) is 11.3. The molecule has 0 aliphatic carbocycles. The van der Waals surface area contributed by atoms with Crippen LogP contribution in [0.4, 0.5) is 0 Å². The van der Waals surface area contributed by atoms with Crippen molar-refractivity contribution in [2.75, 3.05) is 19.9 Å². The first-order valence-electron chi connectivity index (χ1n) is 6.33. The van der Waals surface area contributed by atoms with Crippen molar-refractivity contribution in [3.05, 3.63) is 28.8 Å². The van der Waals surface area contributed by atoms with E-state index in [1.54, 1.807) is 0 Å². The van der Waals surface area contributed by atoms with Crippen molar-refractivity contribution in [3.63, 3.8) is 0 Å². The van der Waals surface area contributed by atoms with E-state index in [4.69, 9.17) is 21.1 Å². The molecule has 102 valence electrons. The molecule has 0 aliphatic heterocycles. The summed E-state index contributed by atoms with van der Waals surface area (Å²) < 4.78 is 10.5. The van der Waals surface area contributed by atoms with Gasteiger partial charge in [0.05, 0.1) is 5.02 Å². The van der Waals surface area contributed by atoms with Crippen LogP contribution in [0.15, 0.2) is 18.2 Å². The lowest BCUT2D eigenvalue weighted by Crippen LogP contribution is -2.18. The minimum absolute atomic E-state index is 0.237. The second kappa shape index (κ2) is 8.35. The van der Waals surface area contributed by atoms with E-state index in [1.165, 1.54) is 0 Å². The lowest BCUT2D eigenvalue weighted by molar-refractivity contribution is 0.0224. The molecule has 0 saturated heterocycles. The molecule has 0 heterocycles. The highest BCUT2D eigenvalue weighted by Crippen LogP contribution is 2.25. The molecule has 18 heavy (non-hydrogen) atoms. The number of rotatable bonds is 8. The zero-order valence-corrected chi connectivity index (χ0v) is 12.1. The third-order valence-electron chi connectivity index (χ3n) is 2.38. The smallest absolute Gasteiger partial charge is 0.189 e. The van der Waals surface area contributed by atoms with Crippen LogP contribution in [0.5, 0.6) is 5.75 Å². The van der Waals surface area contributed by atoms with E-state index in [1.807, 2.05) is 25.1 Å². The minimum atomic E-state index is 0.237. The fourth-order valence-corrected chi connectivity index (χ4v) is 1.72. The summed E-state index contributed by atoms with van der Waals surface area (Å²) in [6, 6.07) is 5.82. The SMILES string of the molecule is CCOCOc1ccc(CNCC(C)C)cc1Cl. The van der Waals surface area contributed by atoms with Gasteiger partial charge in [0.15, 0.2) is 6.79 Å². The monoisotopic (exact) mass is 271 g/mol. The van der Waals surface area contributed by atoms with Crippen molar-refractivity contribution < 1.29 is 9.47 Å². The highest BCUT2D eigenvalue weighted by atomic mass is 35.5. The fourth-order valence-electron chi connectivity index (χ4n) is 1.47. The number of nitrogens with one attached hydrogen (secondary N) is 1. The van der Waals surface area contributed by atoms with Crippen molar-refractivity contribution in [2.45, 2.75) is 27.3 Å². The summed E-state index contributed by atoms with van der Waals surface area (Å²) in [4.78, 5) is 0. The van der Waals surface area contributed by atoms with Gasteiger partial charge in [-0.3, -0.25) is 0 Å². The molecule has 1 N–H and O–H groups in total. The van der Waals surface area contributed by atoms with Gasteiger partial charge >= 0.3 is 0 Å². The molecule has 3 nitrogen and oxygen atoms in total. The summed E-state index contributed by atoms with van der Waals surface area (Å²) in [5.74, 6) is 1.31. The number of hydrogen-bond acceptors (Lipinski definition) is 3. The first-order chi connectivity index (χ1) is 8.63. The Labute approximate surface area is 114 Å². The molecule has 0 bridgehead atoms. The lowest BCUT2D eigenvalue weighted by atomic mass is 10.2. The topological polar surface area (TPSA) is 30.5 Å². The van der Waals surface area contributed by atoms with E-state index in [0.29, 0.717) is 23.3 Å². The first-order valence-corrected chi connectivity index (χ1v) is 6.71. The van der Waals surface area contributed by atoms with Crippen molar-refractivity contribution in [3.8, 4) is 5.75 Å². The maximum absolute atomic E-state index is 6.14. The fraction of sp³-hybridized carbons (Fsp3) is 0.571. The second-order valence-electron chi connectivity index (χ2n) is 4.54. The average Bonchev–Trinajstić information content (AvgIpc) is 2.31. The number of hydrogen-bond donors (Lipinski definition) is 1. The van der Waals surface area contributed by atoms with E-state index >= 15 is 0 Å². The summed E-state index contributed by atoms with van der Waals surface area (Å²) in [7, 11) is 0. The maximum atomic E-state index is 6.14. The van der Waals surface area contributed by atoms with Crippen molar-refractivity contribution in [1.29, 1.82) is 0 Å². The van der Waals surface area contributed by atoms with E-state index in [0.717, 1.165) is 18.7 Å². The highest BCUT2D eigenvalue weighted by molar-refractivity contribution is 6.32. The molecular weight excluding hydrogens is 250 g/mol. The van der Waals surface area contributed by atoms with Crippen LogP contribution >= 0.6 is 11.6 Å². The van der Waals surface area contributed by atoms with Gasteiger partial charge in [-0.1, -0.05) is 31.5 Å². The van der Waals surface area contributed by atoms with Gasteiger partial charge in [-0.25, -0.2) is 0 Å². The largest absolute Gasteiger partial charge is 0.466 e. The molecule has 0 unspecified atom stereocenters. The van der Waals surface area contributed by atoms with Gasteiger partial charge in [0.2, 0.25) is 0 Å². The Morgan fingerprint density at radius 2 is 2.11 bits per heavy atom. The van der Waals surface area contributed by atoms with Crippen LogP contribution in [0.25, 0.3) is 0 Å². The average molecular weight is 272 g/mol. The Bertz CT molecular complexity index is 356. The quantitative estimate of drug-likeness (QED) is 0.580. The molecule has 1 aromatic carbocycles. The standard InChI is InChI=1S/C14H22ClNO2/c1-4-17-10-18-14-6-5-12(7-13(14)15)9-16-8-11(2)3/h5-7,11,16H,4,8-10H2,1-3H3. The van der Waals surface area contributed by atoms with Gasteiger partial charge in [0.25, 0.3) is 0 Å². The maximum Gasteiger partial charge on any atom is 0.189 e. The summed E-state index contributed by atoms with van der Waals surface area (Å²) in [5, 5.41) is 4.00. The van der Waals surface area contributed by atoms with E-state index in [2.05, 4.69) is 19.2 Å². The molecule has 4 heteroatoms. The number of benzene rings is 1. The van der Waals surface area contributed by atoms with Gasteiger partial charge in [0.1, 0.15) is 5.75 Å². The third-order valence-corrected chi connectivity index (χ3v) is 2.68. The van der Waals surface area contributed by atoms with Crippen LogP contribution < -0.4 is 10.1 Å². The Morgan fingerprint density at radius 3 is 2.72 bits per heavy atom. The van der Waals surface area contributed by atoms with Gasteiger partial charge in [-0.2, -0.15) is 0 Å². The molecule has 0 radical (unpaired) electrons. The minimum Gasteiger partial charge on any atom is -0.466 e. The molecule has 0 fully saturated rings. The molecule has 0 atom stereocenters. The third kappa shape index (κ3) is 5.71. The van der Waals surface area contributed by atoms with Crippen LogP contribution in [0.3, 0.4) is 0 Å². The predicted molar refractivity (Wildman–Crippen MR) is 75.1 cm³/mol. The summed E-state index contributed by atoms with van der Waals surface area (Å²) in [6.45, 7) is 8.99. The number of halogens is 1. The van der Waals surface area contributed by atoms with Crippen LogP contribution in [0.2, 0.25) is 5.02 Å². The Balaban J connectivity index is 2.45. The Hall–Kier alpha value is -0.770. The molecule has 1 rings (SSSR count). The van der Waals surface area contributed by atoms with Crippen LogP contribution in [0.1, 0.15) is 26.3 Å². The summed E-state index contributed by atoms with van der Waals surface area (Å²) in [6.07, 6.45) is 0. The Kier molecular flexibility index (Phi) is 7.09. The second-order valence-corrected chi connectivity index (χ2v) is 4.95. The van der Waals surface area contributed by atoms with Crippen molar-refractivity contribution >= 4 is 11.6 Å². The van der Waals surface area contributed by atoms with Gasteiger partial charge in [0, 0.05) is 13.2 Å². The van der Waals surface area contributed by atoms with Crippen LogP contribution in [-0.2, 0) is 11.3 Å². The van der Waals surface area contributed by atoms with Crippen molar-refractivity contribution in [2.24, 2.45) is 5.92 Å². The van der Waals surface area contributed by atoms with Crippen molar-refractivity contribution in [1.82, 2.24) is 5.32 Å². The molecule has 1 aromatic rings.